The summed E-state index contributed by atoms with van der Waals surface area (Å²) in [4.78, 5) is 0. The van der Waals surface area contributed by atoms with E-state index in [1.54, 1.807) is 0 Å². The molecule has 0 aliphatic rings. The number of anilines is 1. The number of phenols is 1. The Bertz CT molecular complexity index is 571. The molecule has 0 saturated carbocycles. The van der Waals surface area contributed by atoms with Gasteiger partial charge in [-0.2, -0.15) is 4.39 Å². The Morgan fingerprint density at radius 1 is 1.53 bits per heavy atom. The summed E-state index contributed by atoms with van der Waals surface area (Å²) in [7, 11) is 1.30. The van der Waals surface area contributed by atoms with E-state index in [0.717, 1.165) is 0 Å². The van der Waals surface area contributed by atoms with E-state index in [9.17, 15) is 9.50 Å². The number of hydrogen-bond donors (Lipinski definition) is 2. The van der Waals surface area contributed by atoms with Crippen molar-refractivity contribution in [3.63, 3.8) is 0 Å². The van der Waals surface area contributed by atoms with Gasteiger partial charge in [0.2, 0.25) is 11.7 Å². The molecule has 0 atom stereocenters. The predicted octanol–water partition coefficient (Wildman–Crippen LogP) is 2.54. The number of halogens is 2. The summed E-state index contributed by atoms with van der Waals surface area (Å²) >= 11 is 3.13. The summed E-state index contributed by atoms with van der Waals surface area (Å²) in [5.41, 5.74) is 5.76. The number of nitrogen functional groups attached to an aromatic ring is 1. The number of methoxy groups -OCH3 is 1. The van der Waals surface area contributed by atoms with Gasteiger partial charge < -0.3 is 20.1 Å². The quantitative estimate of drug-likeness (QED) is 0.891. The zero-order valence-electron chi connectivity index (χ0n) is 8.70. The molecule has 0 unspecified atom stereocenters. The number of phenolic OH excluding ortho intramolecular Hbond substituents is 1. The van der Waals surface area contributed by atoms with Gasteiger partial charge >= 0.3 is 0 Å². The average molecular weight is 303 g/mol. The molecule has 0 radical (unpaired) electrons. The van der Waals surface area contributed by atoms with Crippen molar-refractivity contribution in [3.05, 3.63) is 22.4 Å². The maximum absolute atomic E-state index is 13.7. The van der Waals surface area contributed by atoms with E-state index in [1.165, 1.54) is 19.2 Å². The maximum Gasteiger partial charge on any atom is 0.222 e. The SMILES string of the molecule is COc1c(Br)cc(-c2cc(N)on2)c(O)c1F. The van der Waals surface area contributed by atoms with Crippen molar-refractivity contribution < 1.29 is 18.8 Å². The second kappa shape index (κ2) is 4.25. The Morgan fingerprint density at radius 3 is 2.76 bits per heavy atom. The van der Waals surface area contributed by atoms with Crippen LogP contribution >= 0.6 is 15.9 Å². The van der Waals surface area contributed by atoms with Crippen LogP contribution in [0.3, 0.4) is 0 Å². The molecule has 1 aromatic carbocycles. The van der Waals surface area contributed by atoms with Crippen molar-refractivity contribution in [2.45, 2.75) is 0 Å². The van der Waals surface area contributed by atoms with Crippen molar-refractivity contribution in [3.8, 4) is 22.8 Å². The molecule has 0 spiro atoms. The molecule has 5 nitrogen and oxygen atoms in total. The van der Waals surface area contributed by atoms with E-state index in [0.29, 0.717) is 4.47 Å². The highest BCUT2D eigenvalue weighted by molar-refractivity contribution is 9.10. The Hall–Kier alpha value is -1.76. The molecule has 2 rings (SSSR count). The lowest BCUT2D eigenvalue weighted by molar-refractivity contribution is 0.362. The lowest BCUT2D eigenvalue weighted by atomic mass is 10.1. The van der Waals surface area contributed by atoms with E-state index in [-0.39, 0.29) is 22.9 Å². The van der Waals surface area contributed by atoms with Crippen LogP contribution in [-0.2, 0) is 0 Å². The minimum absolute atomic E-state index is 0.0757. The fraction of sp³-hybridized carbons (Fsp3) is 0.100. The zero-order valence-corrected chi connectivity index (χ0v) is 10.3. The van der Waals surface area contributed by atoms with Crippen molar-refractivity contribution in [1.29, 1.82) is 0 Å². The Morgan fingerprint density at radius 2 is 2.24 bits per heavy atom. The van der Waals surface area contributed by atoms with Crippen LogP contribution in [0.15, 0.2) is 21.1 Å². The Balaban J connectivity index is 2.64. The summed E-state index contributed by atoms with van der Waals surface area (Å²) in [6.07, 6.45) is 0. The molecule has 0 saturated heterocycles. The smallest absolute Gasteiger partial charge is 0.222 e. The van der Waals surface area contributed by atoms with Gasteiger partial charge in [0, 0.05) is 6.07 Å². The van der Waals surface area contributed by atoms with Crippen LogP contribution in [-0.4, -0.2) is 17.4 Å². The number of benzene rings is 1. The highest BCUT2D eigenvalue weighted by Gasteiger charge is 2.20. The first-order valence-electron chi connectivity index (χ1n) is 4.52. The predicted molar refractivity (Wildman–Crippen MR) is 62.2 cm³/mol. The summed E-state index contributed by atoms with van der Waals surface area (Å²) in [6.45, 7) is 0. The number of aromatic nitrogens is 1. The maximum atomic E-state index is 13.7. The number of hydrogen-bond acceptors (Lipinski definition) is 5. The second-order valence-corrected chi connectivity index (χ2v) is 4.07. The van der Waals surface area contributed by atoms with Gasteiger partial charge in [-0.25, -0.2) is 0 Å². The fourth-order valence-corrected chi connectivity index (χ4v) is 1.95. The molecule has 0 aliphatic heterocycles. The topological polar surface area (TPSA) is 81.5 Å². The lowest BCUT2D eigenvalue weighted by Gasteiger charge is -2.09. The number of aromatic hydroxyl groups is 1. The van der Waals surface area contributed by atoms with E-state index in [1.807, 2.05) is 0 Å². The van der Waals surface area contributed by atoms with Crippen LogP contribution in [0.4, 0.5) is 10.3 Å². The minimum atomic E-state index is -0.876. The summed E-state index contributed by atoms with van der Waals surface area (Å²) in [5.74, 6) is -1.45. The summed E-state index contributed by atoms with van der Waals surface area (Å²) in [6, 6.07) is 2.85. The molecular weight excluding hydrogens is 295 g/mol. The monoisotopic (exact) mass is 302 g/mol. The molecule has 0 bridgehead atoms. The van der Waals surface area contributed by atoms with Gasteiger partial charge in [0.05, 0.1) is 17.1 Å². The minimum Gasteiger partial charge on any atom is -0.504 e. The summed E-state index contributed by atoms with van der Waals surface area (Å²) < 4.78 is 23.5. The number of nitrogens with two attached hydrogens (primary N) is 1. The van der Waals surface area contributed by atoms with Crippen LogP contribution in [0.5, 0.6) is 11.5 Å². The van der Waals surface area contributed by atoms with Gasteiger partial charge in [-0.15, -0.1) is 0 Å². The van der Waals surface area contributed by atoms with Crippen molar-refractivity contribution >= 4 is 21.8 Å². The molecule has 90 valence electrons. The van der Waals surface area contributed by atoms with E-state index < -0.39 is 11.6 Å². The third kappa shape index (κ3) is 1.93. The first-order valence-corrected chi connectivity index (χ1v) is 5.31. The molecule has 2 aromatic rings. The molecule has 7 heteroatoms. The molecule has 3 N–H and O–H groups in total. The lowest BCUT2D eigenvalue weighted by Crippen LogP contribution is -1.92. The van der Waals surface area contributed by atoms with Crippen molar-refractivity contribution in [2.24, 2.45) is 0 Å². The van der Waals surface area contributed by atoms with Crippen LogP contribution in [0.2, 0.25) is 0 Å². The van der Waals surface area contributed by atoms with Gasteiger partial charge in [0.1, 0.15) is 5.69 Å². The number of ether oxygens (including phenoxy) is 1. The number of rotatable bonds is 2. The molecule has 0 aliphatic carbocycles. The third-order valence-corrected chi connectivity index (χ3v) is 2.75. The molecule has 1 heterocycles. The zero-order chi connectivity index (χ0) is 12.6. The van der Waals surface area contributed by atoms with Crippen molar-refractivity contribution in [2.75, 3.05) is 12.8 Å². The highest BCUT2D eigenvalue weighted by Crippen LogP contribution is 2.41. The van der Waals surface area contributed by atoms with Gasteiger partial charge in [0.25, 0.3) is 0 Å². The average Bonchev–Trinajstić information content (AvgIpc) is 2.71. The number of nitrogens with zero attached hydrogens (tertiary/aromatic N) is 1. The van der Waals surface area contributed by atoms with Crippen LogP contribution in [0.1, 0.15) is 0 Å². The normalized spacial score (nSPS) is 10.5. The van der Waals surface area contributed by atoms with E-state index in [2.05, 4.69) is 25.6 Å². The first kappa shape index (κ1) is 11.7. The second-order valence-electron chi connectivity index (χ2n) is 3.22. The molecule has 17 heavy (non-hydrogen) atoms. The molecule has 0 fully saturated rings. The largest absolute Gasteiger partial charge is 0.504 e. The van der Waals surface area contributed by atoms with Gasteiger partial charge in [-0.05, 0) is 22.0 Å². The van der Waals surface area contributed by atoms with E-state index >= 15 is 0 Å². The fourth-order valence-electron chi connectivity index (χ4n) is 1.39. The van der Waals surface area contributed by atoms with Gasteiger partial charge in [-0.1, -0.05) is 5.16 Å². The standard InChI is InChI=1S/C10H8BrFN2O3/c1-16-10-5(11)2-4(9(15)8(10)12)6-3-7(13)17-14-6/h2-3,15H,13H2,1H3. The van der Waals surface area contributed by atoms with Crippen LogP contribution < -0.4 is 10.5 Å². The van der Waals surface area contributed by atoms with E-state index in [4.69, 9.17) is 10.5 Å². The molecule has 0 amide bonds. The van der Waals surface area contributed by atoms with Gasteiger partial charge in [-0.3, -0.25) is 0 Å². The molecule has 1 aromatic heterocycles. The van der Waals surface area contributed by atoms with Crippen LogP contribution in [0.25, 0.3) is 11.3 Å². The Labute approximate surface area is 104 Å². The Kier molecular flexibility index (Phi) is 2.93. The van der Waals surface area contributed by atoms with Crippen LogP contribution in [0, 0.1) is 5.82 Å². The third-order valence-electron chi connectivity index (χ3n) is 2.16. The van der Waals surface area contributed by atoms with Crippen molar-refractivity contribution in [1.82, 2.24) is 5.16 Å². The van der Waals surface area contributed by atoms with Gasteiger partial charge in [0.15, 0.2) is 11.5 Å². The first-order chi connectivity index (χ1) is 8.04. The molecular formula is C10H8BrFN2O3. The highest BCUT2D eigenvalue weighted by atomic mass is 79.9. The summed E-state index contributed by atoms with van der Waals surface area (Å²) in [5, 5.41) is 13.3.